The van der Waals surface area contributed by atoms with Crippen molar-refractivity contribution < 1.29 is 0 Å². The Morgan fingerprint density at radius 1 is 0.976 bits per heavy atom. The van der Waals surface area contributed by atoms with Crippen molar-refractivity contribution in [3.05, 3.63) is 66.2 Å². The number of likely N-dealkylation sites (tertiary alicyclic amines) is 1. The first-order valence-corrected chi connectivity index (χ1v) is 16.0. The number of rotatable bonds is 11. The number of anilines is 2. The van der Waals surface area contributed by atoms with Gasteiger partial charge in [-0.05, 0) is 100 Å². The van der Waals surface area contributed by atoms with Crippen LogP contribution in [0.2, 0.25) is 0 Å². The molecule has 8 nitrogen and oxygen atoms in total. The SMILES string of the molecule is CCCCN(C)C1CCCN(Cc2ccnc(CNc3ccc(-c4cc5c(N6CCCCC6)ncnc5[nH]4)cc3)c2)C1. The predicted octanol–water partition coefficient (Wildman–Crippen LogP) is 6.32. The molecule has 1 aromatic carbocycles. The van der Waals surface area contributed by atoms with Gasteiger partial charge in [-0.1, -0.05) is 25.5 Å². The van der Waals surface area contributed by atoms with E-state index in [1.807, 2.05) is 6.20 Å². The second-order valence-electron chi connectivity index (χ2n) is 12.1. The standard InChI is InChI=1S/C34H46N8/c1-3-4-16-40(2)30-9-8-17-41(24-30)23-26-14-15-35-29(20-26)22-36-28-12-10-27(11-13-28)32-21-31-33(39-32)37-25-38-34(31)42-18-6-5-7-19-42/h10-15,20-21,25,30,36H,3-9,16-19,22-24H2,1-2H3,(H,37,38,39). The highest BCUT2D eigenvalue weighted by molar-refractivity contribution is 5.92. The van der Waals surface area contributed by atoms with Crippen molar-refractivity contribution in [1.29, 1.82) is 0 Å². The summed E-state index contributed by atoms with van der Waals surface area (Å²) in [5.41, 5.74) is 6.62. The third-order valence-electron chi connectivity index (χ3n) is 8.99. The Bertz CT molecular complexity index is 1430. The van der Waals surface area contributed by atoms with Crippen LogP contribution in [0.3, 0.4) is 0 Å². The van der Waals surface area contributed by atoms with E-state index in [0.29, 0.717) is 12.6 Å². The minimum absolute atomic E-state index is 0.672. The molecule has 2 aliphatic rings. The lowest BCUT2D eigenvalue weighted by Crippen LogP contribution is -2.46. The molecule has 0 bridgehead atoms. The van der Waals surface area contributed by atoms with Crippen LogP contribution in [0.4, 0.5) is 11.5 Å². The number of piperidine rings is 2. The summed E-state index contributed by atoms with van der Waals surface area (Å²) in [6.07, 6.45) is 12.5. The van der Waals surface area contributed by atoms with Crippen LogP contribution in [0, 0.1) is 0 Å². The number of hydrogen-bond donors (Lipinski definition) is 2. The van der Waals surface area contributed by atoms with Crippen molar-refractivity contribution in [3.8, 4) is 11.3 Å². The largest absolute Gasteiger partial charge is 0.379 e. The maximum atomic E-state index is 4.65. The normalized spacial score (nSPS) is 18.2. The first-order chi connectivity index (χ1) is 20.7. The molecule has 222 valence electrons. The van der Waals surface area contributed by atoms with E-state index in [2.05, 4.69) is 96.4 Å². The number of benzene rings is 1. The number of H-pyrrole nitrogens is 1. The molecule has 0 saturated carbocycles. The Kier molecular flexibility index (Phi) is 9.31. The molecule has 6 rings (SSSR count). The van der Waals surface area contributed by atoms with Crippen LogP contribution in [0.25, 0.3) is 22.3 Å². The Labute approximate surface area is 250 Å². The lowest BCUT2D eigenvalue weighted by Gasteiger charge is -2.37. The van der Waals surface area contributed by atoms with E-state index in [1.54, 1.807) is 6.33 Å². The quantitative estimate of drug-likeness (QED) is 0.220. The zero-order valence-electron chi connectivity index (χ0n) is 25.4. The van der Waals surface area contributed by atoms with E-state index in [-0.39, 0.29) is 0 Å². The fourth-order valence-corrected chi connectivity index (χ4v) is 6.51. The second kappa shape index (κ2) is 13.7. The lowest BCUT2D eigenvalue weighted by molar-refractivity contribution is 0.110. The highest BCUT2D eigenvalue weighted by atomic mass is 15.2. The Hall–Kier alpha value is -3.49. The number of nitrogens with zero attached hydrogens (tertiary/aromatic N) is 6. The second-order valence-corrected chi connectivity index (χ2v) is 12.1. The fourth-order valence-electron chi connectivity index (χ4n) is 6.51. The van der Waals surface area contributed by atoms with Gasteiger partial charge in [0.15, 0.2) is 0 Å². The van der Waals surface area contributed by atoms with Gasteiger partial charge in [0.05, 0.1) is 17.6 Å². The average molecular weight is 567 g/mol. The number of likely N-dealkylation sites (N-methyl/N-ethyl adjacent to an activating group) is 1. The minimum Gasteiger partial charge on any atom is -0.379 e. The third-order valence-corrected chi connectivity index (χ3v) is 8.99. The molecule has 0 amide bonds. The number of pyridine rings is 1. The van der Waals surface area contributed by atoms with E-state index >= 15 is 0 Å². The molecule has 42 heavy (non-hydrogen) atoms. The summed E-state index contributed by atoms with van der Waals surface area (Å²) in [5.74, 6) is 1.05. The predicted molar refractivity (Wildman–Crippen MR) is 173 cm³/mol. The van der Waals surface area contributed by atoms with E-state index < -0.39 is 0 Å². The van der Waals surface area contributed by atoms with Gasteiger partial charge < -0.3 is 20.1 Å². The molecule has 5 heterocycles. The van der Waals surface area contributed by atoms with Crippen molar-refractivity contribution in [2.75, 3.05) is 50.0 Å². The molecule has 0 aliphatic carbocycles. The summed E-state index contributed by atoms with van der Waals surface area (Å²) in [6.45, 7) is 9.66. The van der Waals surface area contributed by atoms with Crippen LogP contribution < -0.4 is 10.2 Å². The van der Waals surface area contributed by atoms with E-state index in [1.165, 1.54) is 63.6 Å². The van der Waals surface area contributed by atoms with Gasteiger partial charge in [0.2, 0.25) is 0 Å². The topological polar surface area (TPSA) is 76.2 Å². The van der Waals surface area contributed by atoms with Gasteiger partial charge in [-0.25, -0.2) is 9.97 Å². The summed E-state index contributed by atoms with van der Waals surface area (Å²) in [4.78, 5) is 24.9. The molecular formula is C34H46N8. The van der Waals surface area contributed by atoms with Crippen LogP contribution in [-0.4, -0.2) is 75.5 Å². The van der Waals surface area contributed by atoms with E-state index in [4.69, 9.17) is 0 Å². The van der Waals surface area contributed by atoms with Crippen LogP contribution in [-0.2, 0) is 13.1 Å². The highest BCUT2D eigenvalue weighted by Crippen LogP contribution is 2.30. The number of aromatic amines is 1. The van der Waals surface area contributed by atoms with Crippen LogP contribution >= 0.6 is 0 Å². The summed E-state index contributed by atoms with van der Waals surface area (Å²) in [5, 5.41) is 4.67. The van der Waals surface area contributed by atoms with Gasteiger partial charge in [0.1, 0.15) is 17.8 Å². The molecule has 2 aliphatic heterocycles. The molecule has 4 aromatic rings. The third kappa shape index (κ3) is 6.93. The Morgan fingerprint density at radius 2 is 1.83 bits per heavy atom. The zero-order valence-corrected chi connectivity index (χ0v) is 25.4. The van der Waals surface area contributed by atoms with Crippen molar-refractivity contribution in [2.45, 2.75) is 71.0 Å². The van der Waals surface area contributed by atoms with Gasteiger partial charge in [-0.3, -0.25) is 9.88 Å². The molecule has 2 saturated heterocycles. The van der Waals surface area contributed by atoms with Crippen LogP contribution in [0.15, 0.2) is 55.0 Å². The highest BCUT2D eigenvalue weighted by Gasteiger charge is 2.23. The van der Waals surface area contributed by atoms with Crippen molar-refractivity contribution >= 4 is 22.5 Å². The maximum Gasteiger partial charge on any atom is 0.143 e. The van der Waals surface area contributed by atoms with Crippen LogP contribution in [0.1, 0.15) is 63.1 Å². The molecule has 0 spiro atoms. The first kappa shape index (κ1) is 28.6. The molecule has 1 atom stereocenters. The number of hydrogen-bond acceptors (Lipinski definition) is 7. The molecular weight excluding hydrogens is 520 g/mol. The molecule has 0 radical (unpaired) electrons. The van der Waals surface area contributed by atoms with Gasteiger partial charge in [0.25, 0.3) is 0 Å². The minimum atomic E-state index is 0.672. The number of aromatic nitrogens is 4. The fraction of sp³-hybridized carbons (Fsp3) is 0.500. The first-order valence-electron chi connectivity index (χ1n) is 16.0. The van der Waals surface area contributed by atoms with Crippen molar-refractivity contribution in [2.24, 2.45) is 0 Å². The number of unbranched alkanes of at least 4 members (excludes halogenated alkanes) is 1. The molecule has 3 aromatic heterocycles. The monoisotopic (exact) mass is 566 g/mol. The van der Waals surface area contributed by atoms with Gasteiger partial charge in [-0.15, -0.1) is 0 Å². The van der Waals surface area contributed by atoms with E-state index in [0.717, 1.165) is 65.7 Å². The smallest absolute Gasteiger partial charge is 0.143 e. The lowest BCUT2D eigenvalue weighted by atomic mass is 10.0. The molecule has 8 heteroatoms. The van der Waals surface area contributed by atoms with E-state index in [9.17, 15) is 0 Å². The Morgan fingerprint density at radius 3 is 2.67 bits per heavy atom. The van der Waals surface area contributed by atoms with Gasteiger partial charge in [0, 0.05) is 49.8 Å². The Balaban J connectivity index is 1.05. The maximum absolute atomic E-state index is 4.65. The summed E-state index contributed by atoms with van der Waals surface area (Å²) >= 11 is 0. The van der Waals surface area contributed by atoms with Crippen molar-refractivity contribution in [3.63, 3.8) is 0 Å². The summed E-state index contributed by atoms with van der Waals surface area (Å²) in [7, 11) is 2.30. The summed E-state index contributed by atoms with van der Waals surface area (Å²) < 4.78 is 0. The van der Waals surface area contributed by atoms with Gasteiger partial charge >= 0.3 is 0 Å². The molecule has 1 unspecified atom stereocenters. The average Bonchev–Trinajstić information content (AvgIpc) is 3.48. The molecule has 2 fully saturated rings. The van der Waals surface area contributed by atoms with Crippen molar-refractivity contribution in [1.82, 2.24) is 29.7 Å². The number of nitrogens with one attached hydrogen (secondary N) is 2. The summed E-state index contributed by atoms with van der Waals surface area (Å²) in [6, 6.07) is 15.9. The zero-order chi connectivity index (χ0) is 28.7. The molecule has 2 N–H and O–H groups in total. The van der Waals surface area contributed by atoms with Gasteiger partial charge in [-0.2, -0.15) is 0 Å². The number of fused-ring (bicyclic) bond motifs is 1. The van der Waals surface area contributed by atoms with Crippen LogP contribution in [0.5, 0.6) is 0 Å².